The van der Waals surface area contributed by atoms with Crippen molar-refractivity contribution in [3.8, 4) is 0 Å². The number of anilines is 6. The molecule has 0 unspecified atom stereocenters. The minimum Gasteiger partial charge on any atom is -0.456 e. The molecule has 0 aliphatic carbocycles. The first kappa shape index (κ1) is 26.6. The zero-order chi connectivity index (χ0) is 30.5. The Morgan fingerprint density at radius 3 is 1.41 bits per heavy atom. The molecule has 0 saturated carbocycles. The van der Waals surface area contributed by atoms with Crippen molar-refractivity contribution in [3.05, 3.63) is 170 Å². The van der Waals surface area contributed by atoms with Gasteiger partial charge in [-0.1, -0.05) is 84.9 Å². The summed E-state index contributed by atoms with van der Waals surface area (Å²) in [5.41, 5.74) is 8.42. The fraction of sp³-hybridized carbons (Fsp3) is 0. The molecule has 0 spiro atoms. The molecule has 0 atom stereocenters. The number of furan rings is 1. The second-order valence-corrected chi connectivity index (χ2v) is 12.4. The third-order valence-electron chi connectivity index (χ3n) is 8.62. The van der Waals surface area contributed by atoms with Crippen LogP contribution in [0.3, 0.4) is 0 Å². The van der Waals surface area contributed by atoms with Crippen molar-refractivity contribution in [2.24, 2.45) is 0 Å². The Balaban J connectivity index is 1.33. The number of rotatable bonds is 6. The summed E-state index contributed by atoms with van der Waals surface area (Å²) in [6, 6.07) is 60.1. The second kappa shape index (κ2) is 11.0. The summed E-state index contributed by atoms with van der Waals surface area (Å²) in [4.78, 5) is 4.74. The van der Waals surface area contributed by atoms with Crippen LogP contribution >= 0.6 is 11.3 Å². The van der Waals surface area contributed by atoms with Gasteiger partial charge in [0.15, 0.2) is 0 Å². The molecule has 0 N–H and O–H groups in total. The molecule has 0 aliphatic heterocycles. The van der Waals surface area contributed by atoms with E-state index in [9.17, 15) is 0 Å². The van der Waals surface area contributed by atoms with Gasteiger partial charge in [-0.3, -0.25) is 0 Å². The number of hydrogen-bond donors (Lipinski definition) is 0. The predicted octanol–water partition coefficient (Wildman–Crippen LogP) is 12.9. The van der Waals surface area contributed by atoms with E-state index < -0.39 is 0 Å². The lowest BCUT2D eigenvalue weighted by molar-refractivity contribution is 0.669. The number of benzene rings is 7. The van der Waals surface area contributed by atoms with Crippen molar-refractivity contribution in [2.45, 2.75) is 0 Å². The van der Waals surface area contributed by atoms with Gasteiger partial charge in [0.05, 0.1) is 11.4 Å². The molecule has 218 valence electrons. The van der Waals surface area contributed by atoms with E-state index in [0.29, 0.717) is 0 Å². The molecular weight excluding hydrogens is 581 g/mol. The highest BCUT2D eigenvalue weighted by molar-refractivity contribution is 7.26. The van der Waals surface area contributed by atoms with E-state index in [1.54, 1.807) is 0 Å². The minimum absolute atomic E-state index is 0.877. The maximum absolute atomic E-state index is 6.38. The first-order valence-corrected chi connectivity index (χ1v) is 16.3. The summed E-state index contributed by atoms with van der Waals surface area (Å²) in [5.74, 6) is 0. The molecule has 2 heterocycles. The standard InChI is InChI=1S/C42H28N2OS/c1-4-14-29(15-5-1)43(30-16-6-2-7-17-30)35-21-12-24-39-41(35)42-36(22-13-25-40(42)46-39)44(31-18-8-3-9-19-31)32-26-27-34-33-20-10-11-23-37(33)45-38(34)28-32/h1-28H. The molecule has 0 aliphatic rings. The summed E-state index contributed by atoms with van der Waals surface area (Å²) in [6.07, 6.45) is 0. The SMILES string of the molecule is c1ccc(N(c2ccccc2)c2cccc3sc4cccc(N(c5ccccc5)c5ccc6c(c5)oc5ccccc56)c4c23)cc1. The summed E-state index contributed by atoms with van der Waals surface area (Å²) in [6.45, 7) is 0. The first-order chi connectivity index (χ1) is 22.8. The Morgan fingerprint density at radius 2 is 0.848 bits per heavy atom. The van der Waals surface area contributed by atoms with E-state index in [-0.39, 0.29) is 0 Å². The van der Waals surface area contributed by atoms with Crippen molar-refractivity contribution >= 4 is 87.6 Å². The summed E-state index contributed by atoms with van der Waals surface area (Å²) >= 11 is 1.84. The van der Waals surface area contributed by atoms with E-state index in [4.69, 9.17) is 4.42 Å². The van der Waals surface area contributed by atoms with Crippen LogP contribution in [-0.4, -0.2) is 0 Å². The van der Waals surface area contributed by atoms with Crippen LogP contribution in [0.4, 0.5) is 34.1 Å². The second-order valence-electron chi connectivity index (χ2n) is 11.4. The fourth-order valence-corrected chi connectivity index (χ4v) is 7.79. The van der Waals surface area contributed by atoms with Crippen molar-refractivity contribution in [3.63, 3.8) is 0 Å². The van der Waals surface area contributed by atoms with E-state index in [2.05, 4.69) is 168 Å². The normalized spacial score (nSPS) is 11.5. The predicted molar refractivity (Wildman–Crippen MR) is 196 cm³/mol. The van der Waals surface area contributed by atoms with E-state index in [0.717, 1.165) is 56.1 Å². The molecule has 0 radical (unpaired) electrons. The van der Waals surface area contributed by atoms with Crippen LogP contribution in [0.25, 0.3) is 42.1 Å². The molecular formula is C42H28N2OS. The highest BCUT2D eigenvalue weighted by Gasteiger charge is 2.23. The molecule has 7 aromatic carbocycles. The van der Waals surface area contributed by atoms with Crippen LogP contribution in [0.5, 0.6) is 0 Å². The molecule has 0 saturated heterocycles. The first-order valence-electron chi connectivity index (χ1n) is 15.4. The van der Waals surface area contributed by atoms with Gasteiger partial charge >= 0.3 is 0 Å². The molecule has 4 heteroatoms. The van der Waals surface area contributed by atoms with E-state index in [1.165, 1.54) is 20.2 Å². The molecule has 0 bridgehead atoms. The molecule has 0 amide bonds. The van der Waals surface area contributed by atoms with Gasteiger partial charge in [-0.2, -0.15) is 0 Å². The van der Waals surface area contributed by atoms with Crippen molar-refractivity contribution in [2.75, 3.05) is 9.80 Å². The van der Waals surface area contributed by atoms with Crippen molar-refractivity contribution in [1.82, 2.24) is 0 Å². The van der Waals surface area contributed by atoms with Gasteiger partial charge in [0.1, 0.15) is 11.2 Å². The fourth-order valence-electron chi connectivity index (χ4n) is 6.64. The third-order valence-corrected chi connectivity index (χ3v) is 9.74. The van der Waals surface area contributed by atoms with Gasteiger partial charge in [0, 0.05) is 59.8 Å². The average molecular weight is 609 g/mol. The number of nitrogens with zero attached hydrogens (tertiary/aromatic N) is 2. The lowest BCUT2D eigenvalue weighted by Crippen LogP contribution is -2.11. The zero-order valence-electron chi connectivity index (χ0n) is 24.9. The average Bonchev–Trinajstić information content (AvgIpc) is 3.69. The molecule has 0 fully saturated rings. The van der Waals surface area contributed by atoms with Crippen LogP contribution in [0.2, 0.25) is 0 Å². The van der Waals surface area contributed by atoms with Gasteiger partial charge in [-0.25, -0.2) is 0 Å². The molecule has 46 heavy (non-hydrogen) atoms. The number of fused-ring (bicyclic) bond motifs is 6. The Bertz CT molecular complexity index is 2440. The minimum atomic E-state index is 0.877. The zero-order valence-corrected chi connectivity index (χ0v) is 25.7. The van der Waals surface area contributed by atoms with Gasteiger partial charge < -0.3 is 14.2 Å². The molecule has 9 aromatic rings. The lowest BCUT2D eigenvalue weighted by Gasteiger charge is -2.28. The maximum atomic E-state index is 6.38. The summed E-state index contributed by atoms with van der Waals surface area (Å²) in [7, 11) is 0. The van der Waals surface area contributed by atoms with Crippen LogP contribution in [0.15, 0.2) is 174 Å². The van der Waals surface area contributed by atoms with Crippen LogP contribution in [0, 0.1) is 0 Å². The van der Waals surface area contributed by atoms with Gasteiger partial charge in [0.25, 0.3) is 0 Å². The summed E-state index contributed by atoms with van der Waals surface area (Å²) in [5, 5.41) is 4.71. The lowest BCUT2D eigenvalue weighted by atomic mass is 10.0. The number of hydrogen-bond acceptors (Lipinski definition) is 4. The molecule has 3 nitrogen and oxygen atoms in total. The van der Waals surface area contributed by atoms with Crippen molar-refractivity contribution < 1.29 is 4.42 Å². The highest BCUT2D eigenvalue weighted by Crippen LogP contribution is 2.50. The molecule has 2 aromatic heterocycles. The monoisotopic (exact) mass is 608 g/mol. The Morgan fingerprint density at radius 1 is 0.370 bits per heavy atom. The van der Waals surface area contributed by atoms with E-state index in [1.807, 2.05) is 23.5 Å². The van der Waals surface area contributed by atoms with Crippen LogP contribution in [-0.2, 0) is 0 Å². The van der Waals surface area contributed by atoms with Gasteiger partial charge in [-0.05, 0) is 78.9 Å². The number of para-hydroxylation sites is 4. The van der Waals surface area contributed by atoms with Crippen LogP contribution in [0.1, 0.15) is 0 Å². The Labute approximate surface area is 270 Å². The molecule has 9 rings (SSSR count). The quantitative estimate of drug-likeness (QED) is 0.187. The van der Waals surface area contributed by atoms with Crippen molar-refractivity contribution in [1.29, 1.82) is 0 Å². The number of thiophene rings is 1. The Kier molecular flexibility index (Phi) is 6.32. The van der Waals surface area contributed by atoms with E-state index >= 15 is 0 Å². The Hall–Kier alpha value is -5.84. The van der Waals surface area contributed by atoms with Gasteiger partial charge in [-0.15, -0.1) is 11.3 Å². The third kappa shape index (κ3) is 4.34. The largest absolute Gasteiger partial charge is 0.456 e. The maximum Gasteiger partial charge on any atom is 0.137 e. The highest BCUT2D eigenvalue weighted by atomic mass is 32.1. The topological polar surface area (TPSA) is 19.6 Å². The van der Waals surface area contributed by atoms with Gasteiger partial charge in [0.2, 0.25) is 0 Å². The van der Waals surface area contributed by atoms with Crippen LogP contribution < -0.4 is 9.80 Å². The smallest absolute Gasteiger partial charge is 0.137 e. The summed E-state index contributed by atoms with van der Waals surface area (Å²) < 4.78 is 8.87.